The lowest BCUT2D eigenvalue weighted by Gasteiger charge is -2.28. The SMILES string of the molecule is CC(C)c1ccccc1-c1ccnc(-n2c3ccccc3c3ccc(N(c4ccccc4)c4cccc(N5CN(c6ccccc6)c6ccccc65)c4)cc32)c1. The standard InChI is InChI=1S/C51H41N5/c1-36(2)43-22-9-10-23-44(43)37-30-31-52-51(32-37)56-47-25-12-11-24-45(47)46-29-28-42(34-50(46)56)55(39-18-7-4-8-19-39)41-21-15-20-40(33-41)54-35-53(38-16-5-3-6-17-38)48-26-13-14-27-49(48)54/h3-34,36H,35H2,1-2H3. The average molecular weight is 724 g/mol. The van der Waals surface area contributed by atoms with Gasteiger partial charge in [0.25, 0.3) is 0 Å². The molecular formula is C51H41N5. The molecule has 0 N–H and O–H groups in total. The van der Waals surface area contributed by atoms with E-state index >= 15 is 0 Å². The fourth-order valence-electron chi connectivity index (χ4n) is 8.40. The first-order valence-corrected chi connectivity index (χ1v) is 19.4. The van der Waals surface area contributed by atoms with Gasteiger partial charge in [-0.05, 0) is 108 Å². The first kappa shape index (κ1) is 33.5. The van der Waals surface area contributed by atoms with Crippen LogP contribution in [0.5, 0.6) is 0 Å². The van der Waals surface area contributed by atoms with Crippen molar-refractivity contribution in [2.75, 3.05) is 21.4 Å². The summed E-state index contributed by atoms with van der Waals surface area (Å²) in [6.45, 7) is 5.23. The highest BCUT2D eigenvalue weighted by Gasteiger charge is 2.28. The fraction of sp³-hybridized carbons (Fsp3) is 0.0784. The van der Waals surface area contributed by atoms with E-state index in [0.29, 0.717) is 5.92 Å². The maximum atomic E-state index is 5.01. The highest BCUT2D eigenvalue weighted by atomic mass is 15.4. The first-order valence-electron chi connectivity index (χ1n) is 19.4. The van der Waals surface area contributed by atoms with E-state index < -0.39 is 0 Å². The summed E-state index contributed by atoms with van der Waals surface area (Å²) >= 11 is 0. The van der Waals surface area contributed by atoms with E-state index in [9.17, 15) is 0 Å². The van der Waals surface area contributed by atoms with Crippen LogP contribution in [0.4, 0.5) is 39.8 Å². The van der Waals surface area contributed by atoms with E-state index in [1.54, 1.807) is 0 Å². The summed E-state index contributed by atoms with van der Waals surface area (Å²) in [5.41, 5.74) is 13.9. The van der Waals surface area contributed by atoms with Crippen LogP contribution < -0.4 is 14.7 Å². The Labute approximate surface area is 328 Å². The third kappa shape index (κ3) is 5.76. The van der Waals surface area contributed by atoms with Crippen molar-refractivity contribution in [3.8, 4) is 16.9 Å². The van der Waals surface area contributed by atoms with E-state index in [1.807, 2.05) is 6.20 Å². The van der Waals surface area contributed by atoms with E-state index in [1.165, 1.54) is 44.5 Å². The van der Waals surface area contributed by atoms with Crippen molar-refractivity contribution in [3.05, 3.63) is 200 Å². The lowest BCUT2D eigenvalue weighted by Crippen LogP contribution is -2.24. The van der Waals surface area contributed by atoms with Crippen LogP contribution >= 0.6 is 0 Å². The van der Waals surface area contributed by atoms with Gasteiger partial charge in [0.15, 0.2) is 0 Å². The molecule has 1 aliphatic heterocycles. The molecule has 3 heterocycles. The molecule has 0 aliphatic carbocycles. The van der Waals surface area contributed by atoms with Crippen molar-refractivity contribution < 1.29 is 0 Å². The summed E-state index contributed by atoms with van der Waals surface area (Å²) < 4.78 is 2.33. The molecule has 0 fully saturated rings. The van der Waals surface area contributed by atoms with Gasteiger partial charge in [-0.15, -0.1) is 0 Å². The molecule has 0 atom stereocenters. The van der Waals surface area contributed by atoms with Gasteiger partial charge < -0.3 is 14.7 Å². The molecule has 2 aromatic heterocycles. The smallest absolute Gasteiger partial charge is 0.138 e. The topological polar surface area (TPSA) is 27.5 Å². The lowest BCUT2D eigenvalue weighted by molar-refractivity contribution is 0.869. The maximum Gasteiger partial charge on any atom is 0.138 e. The van der Waals surface area contributed by atoms with Crippen LogP contribution in [-0.2, 0) is 0 Å². The number of nitrogens with zero attached hydrogens (tertiary/aromatic N) is 5. The van der Waals surface area contributed by atoms with Crippen LogP contribution in [0.25, 0.3) is 38.8 Å². The van der Waals surface area contributed by atoms with E-state index in [0.717, 1.165) is 46.3 Å². The van der Waals surface area contributed by atoms with Crippen LogP contribution in [0.2, 0.25) is 0 Å². The Morgan fingerprint density at radius 2 is 1.12 bits per heavy atom. The number of hydrogen-bond donors (Lipinski definition) is 0. The zero-order valence-electron chi connectivity index (χ0n) is 31.5. The zero-order chi connectivity index (χ0) is 37.6. The van der Waals surface area contributed by atoms with Crippen molar-refractivity contribution >= 4 is 61.6 Å². The van der Waals surface area contributed by atoms with Crippen LogP contribution in [0, 0.1) is 0 Å². The number of hydrogen-bond acceptors (Lipinski definition) is 4. The molecule has 10 rings (SSSR count). The van der Waals surface area contributed by atoms with Crippen molar-refractivity contribution in [1.82, 2.24) is 9.55 Å². The van der Waals surface area contributed by atoms with Gasteiger partial charge in [0.05, 0.1) is 22.4 Å². The molecule has 9 aromatic rings. The summed E-state index contributed by atoms with van der Waals surface area (Å²) in [6.07, 6.45) is 1.95. The van der Waals surface area contributed by atoms with Crippen LogP contribution in [-0.4, -0.2) is 16.2 Å². The third-order valence-electron chi connectivity index (χ3n) is 11.0. The molecule has 0 radical (unpaired) electrons. The molecule has 0 saturated heterocycles. The Balaban J connectivity index is 1.12. The van der Waals surface area contributed by atoms with Gasteiger partial charge in [0, 0.05) is 45.4 Å². The van der Waals surface area contributed by atoms with Gasteiger partial charge in [-0.3, -0.25) is 4.57 Å². The van der Waals surface area contributed by atoms with Gasteiger partial charge >= 0.3 is 0 Å². The Morgan fingerprint density at radius 1 is 0.500 bits per heavy atom. The molecule has 0 saturated carbocycles. The second kappa shape index (κ2) is 13.9. The number of pyridine rings is 1. The molecule has 7 aromatic carbocycles. The number of benzene rings is 7. The van der Waals surface area contributed by atoms with Gasteiger partial charge in [-0.25, -0.2) is 4.98 Å². The van der Waals surface area contributed by atoms with Gasteiger partial charge in [0.2, 0.25) is 0 Å². The molecule has 5 heteroatoms. The summed E-state index contributed by atoms with van der Waals surface area (Å²) in [4.78, 5) is 12.2. The normalized spacial score (nSPS) is 12.5. The minimum atomic E-state index is 0.407. The van der Waals surface area contributed by atoms with E-state index in [-0.39, 0.29) is 0 Å². The first-order chi connectivity index (χ1) is 27.6. The molecule has 5 nitrogen and oxygen atoms in total. The molecule has 0 spiro atoms. The zero-order valence-corrected chi connectivity index (χ0v) is 31.5. The molecule has 0 unspecified atom stereocenters. The maximum absolute atomic E-state index is 5.01. The highest BCUT2D eigenvalue weighted by Crippen LogP contribution is 2.46. The van der Waals surface area contributed by atoms with Crippen LogP contribution in [0.1, 0.15) is 25.3 Å². The lowest BCUT2D eigenvalue weighted by atomic mass is 9.93. The second-order valence-corrected chi connectivity index (χ2v) is 14.7. The number of fused-ring (bicyclic) bond motifs is 4. The number of anilines is 7. The van der Waals surface area contributed by atoms with Crippen LogP contribution in [0.15, 0.2) is 194 Å². The average Bonchev–Trinajstić information content (AvgIpc) is 3.81. The van der Waals surface area contributed by atoms with Crippen LogP contribution in [0.3, 0.4) is 0 Å². The molecular weight excluding hydrogens is 683 g/mol. The van der Waals surface area contributed by atoms with E-state index in [2.05, 4.69) is 221 Å². The van der Waals surface area contributed by atoms with Crippen molar-refractivity contribution in [2.45, 2.75) is 19.8 Å². The third-order valence-corrected chi connectivity index (χ3v) is 11.0. The summed E-state index contributed by atoms with van der Waals surface area (Å²) in [7, 11) is 0. The Bertz CT molecular complexity index is 2840. The Kier molecular flexibility index (Phi) is 8.33. The Morgan fingerprint density at radius 3 is 1.93 bits per heavy atom. The van der Waals surface area contributed by atoms with E-state index in [4.69, 9.17) is 4.98 Å². The van der Waals surface area contributed by atoms with Gasteiger partial charge in [0.1, 0.15) is 12.5 Å². The largest absolute Gasteiger partial charge is 0.321 e. The summed E-state index contributed by atoms with van der Waals surface area (Å²) in [5.74, 6) is 1.30. The molecule has 0 amide bonds. The number of aromatic nitrogens is 2. The van der Waals surface area contributed by atoms with Crippen molar-refractivity contribution in [3.63, 3.8) is 0 Å². The van der Waals surface area contributed by atoms with Gasteiger partial charge in [-0.2, -0.15) is 0 Å². The van der Waals surface area contributed by atoms with Gasteiger partial charge in [-0.1, -0.05) is 117 Å². The molecule has 1 aliphatic rings. The predicted molar refractivity (Wildman–Crippen MR) is 235 cm³/mol. The number of para-hydroxylation sites is 5. The molecule has 56 heavy (non-hydrogen) atoms. The summed E-state index contributed by atoms with van der Waals surface area (Å²) in [6, 6.07) is 67.5. The summed E-state index contributed by atoms with van der Waals surface area (Å²) in [5, 5.41) is 2.39. The highest BCUT2D eigenvalue weighted by molar-refractivity contribution is 6.10. The van der Waals surface area contributed by atoms with Crippen molar-refractivity contribution in [2.24, 2.45) is 0 Å². The fourth-order valence-corrected chi connectivity index (χ4v) is 8.40. The predicted octanol–water partition coefficient (Wildman–Crippen LogP) is 13.7. The Hall–Kier alpha value is -7.11. The monoisotopic (exact) mass is 723 g/mol. The quantitative estimate of drug-likeness (QED) is 0.156. The number of rotatable bonds is 8. The van der Waals surface area contributed by atoms with Crippen molar-refractivity contribution in [1.29, 1.82) is 0 Å². The molecule has 270 valence electrons. The second-order valence-electron chi connectivity index (χ2n) is 14.7. The minimum Gasteiger partial charge on any atom is -0.321 e. The molecule has 0 bridgehead atoms. The minimum absolute atomic E-state index is 0.407.